The summed E-state index contributed by atoms with van der Waals surface area (Å²) in [5, 5.41) is 0. The number of rotatable bonds is 2. The maximum absolute atomic E-state index is 9.75. The van der Waals surface area contributed by atoms with Gasteiger partial charge in [0.15, 0.2) is 0 Å². The Bertz CT molecular complexity index is 143. The van der Waals surface area contributed by atoms with Gasteiger partial charge >= 0.3 is 14.6 Å². The van der Waals surface area contributed by atoms with Crippen molar-refractivity contribution in [3.05, 3.63) is 4.85 Å². The molecule has 8 heavy (non-hydrogen) atoms. The molecule has 0 aromatic rings. The number of phosphoric acid groups is 1. The summed E-state index contributed by atoms with van der Waals surface area (Å²) in [5.74, 6) is 0. The molecule has 0 aromatic heterocycles. The Morgan fingerprint density at radius 3 is 2.38 bits per heavy atom. The summed E-state index contributed by atoms with van der Waals surface area (Å²) >= 11 is 0. The van der Waals surface area contributed by atoms with Crippen LogP contribution in [0, 0.1) is 6.57 Å². The van der Waals surface area contributed by atoms with E-state index in [9.17, 15) is 4.57 Å². The van der Waals surface area contributed by atoms with Crippen molar-refractivity contribution in [2.75, 3.05) is 6.73 Å². The van der Waals surface area contributed by atoms with Gasteiger partial charge in [-0.25, -0.2) is 9.09 Å². The number of phosphoric ester groups is 1. The quantitative estimate of drug-likeness (QED) is 0.527. The van der Waals surface area contributed by atoms with Crippen LogP contribution in [0.25, 0.3) is 4.85 Å². The number of hydrogen-bond donors (Lipinski definition) is 2. The molecule has 0 aliphatic carbocycles. The van der Waals surface area contributed by atoms with E-state index in [1.54, 1.807) is 0 Å². The molecular formula is C2H5NO4P+. The predicted octanol–water partition coefficient (Wildman–Crippen LogP) is 0.0159. The Hall–Kier alpha value is -0.400. The molecule has 0 bridgehead atoms. The van der Waals surface area contributed by atoms with Gasteiger partial charge in [-0.15, -0.1) is 0 Å². The van der Waals surface area contributed by atoms with Crippen molar-refractivity contribution in [2.24, 2.45) is 0 Å². The SMILES string of the molecule is C#[N+]COP(=O)(O)O. The van der Waals surface area contributed by atoms with E-state index in [2.05, 4.69) is 15.9 Å². The van der Waals surface area contributed by atoms with Gasteiger partial charge in [-0.05, 0) is 0 Å². The van der Waals surface area contributed by atoms with Crippen LogP contribution >= 0.6 is 7.82 Å². The summed E-state index contributed by atoms with van der Waals surface area (Å²) in [6.45, 7) is 4.01. The van der Waals surface area contributed by atoms with Crippen LogP contribution in [0.4, 0.5) is 0 Å². The number of hydrogen-bond acceptors (Lipinski definition) is 2. The lowest BCUT2D eigenvalue weighted by Gasteiger charge is -1.93. The van der Waals surface area contributed by atoms with Crippen LogP contribution in [0.2, 0.25) is 0 Å². The normalized spacial score (nSPS) is 10.6. The van der Waals surface area contributed by atoms with Crippen LogP contribution in [0.3, 0.4) is 0 Å². The fourth-order valence-electron chi connectivity index (χ4n) is 0.109. The average Bonchev–Trinajstić information content (AvgIpc) is 1.59. The largest absolute Gasteiger partial charge is 0.475 e. The third-order valence-corrected chi connectivity index (χ3v) is 0.752. The first kappa shape index (κ1) is 7.60. The molecule has 0 aliphatic heterocycles. The molecule has 0 spiro atoms. The van der Waals surface area contributed by atoms with Crippen LogP contribution in [0.1, 0.15) is 0 Å². The molecule has 0 amide bonds. The van der Waals surface area contributed by atoms with Gasteiger partial charge in [-0.3, -0.25) is 0 Å². The van der Waals surface area contributed by atoms with Crippen molar-refractivity contribution >= 4 is 7.82 Å². The second-order valence-electron chi connectivity index (χ2n) is 0.931. The second-order valence-corrected chi connectivity index (χ2v) is 2.17. The summed E-state index contributed by atoms with van der Waals surface area (Å²) in [6.07, 6.45) is 0. The highest BCUT2D eigenvalue weighted by Crippen LogP contribution is 2.35. The van der Waals surface area contributed by atoms with E-state index in [-0.39, 0.29) is 0 Å². The molecule has 0 heterocycles. The molecule has 0 radical (unpaired) electrons. The minimum atomic E-state index is -4.36. The first-order valence-electron chi connectivity index (χ1n) is 1.63. The molecule has 6 heteroatoms. The lowest BCUT2D eigenvalue weighted by Crippen LogP contribution is -1.84. The van der Waals surface area contributed by atoms with E-state index in [1.807, 2.05) is 0 Å². The lowest BCUT2D eigenvalue weighted by atomic mass is 11.3. The van der Waals surface area contributed by atoms with E-state index in [1.165, 1.54) is 0 Å². The Morgan fingerprint density at radius 1 is 1.75 bits per heavy atom. The smallest absolute Gasteiger partial charge is 0.302 e. The third kappa shape index (κ3) is 5.60. The highest BCUT2D eigenvalue weighted by atomic mass is 31.2. The topological polar surface area (TPSA) is 71.1 Å². The summed E-state index contributed by atoms with van der Waals surface area (Å²) in [4.78, 5) is 18.7. The summed E-state index contributed by atoms with van der Waals surface area (Å²) in [7, 11) is -4.36. The van der Waals surface area contributed by atoms with Crippen molar-refractivity contribution in [2.45, 2.75) is 0 Å². The van der Waals surface area contributed by atoms with E-state index >= 15 is 0 Å². The highest BCUT2D eigenvalue weighted by Gasteiger charge is 2.15. The predicted molar refractivity (Wildman–Crippen MR) is 26.3 cm³/mol. The molecule has 46 valence electrons. The van der Waals surface area contributed by atoms with Crippen LogP contribution in [0.5, 0.6) is 0 Å². The zero-order valence-corrected chi connectivity index (χ0v) is 4.78. The van der Waals surface area contributed by atoms with Crippen LogP contribution in [-0.4, -0.2) is 16.5 Å². The molecule has 0 aromatic carbocycles. The van der Waals surface area contributed by atoms with Crippen molar-refractivity contribution in [1.82, 2.24) is 0 Å². The zero-order valence-electron chi connectivity index (χ0n) is 3.89. The summed E-state index contributed by atoms with van der Waals surface area (Å²) in [5.41, 5.74) is 0. The third-order valence-electron chi connectivity index (χ3n) is 0.300. The van der Waals surface area contributed by atoms with E-state index < -0.39 is 14.6 Å². The first-order valence-corrected chi connectivity index (χ1v) is 3.16. The van der Waals surface area contributed by atoms with Crippen molar-refractivity contribution in [3.8, 4) is 6.57 Å². The van der Waals surface area contributed by atoms with Crippen molar-refractivity contribution in [3.63, 3.8) is 0 Å². The molecule has 0 saturated heterocycles. The van der Waals surface area contributed by atoms with Crippen LogP contribution in [0.15, 0.2) is 0 Å². The monoisotopic (exact) mass is 138 g/mol. The van der Waals surface area contributed by atoms with Gasteiger partial charge in [0, 0.05) is 0 Å². The van der Waals surface area contributed by atoms with E-state index in [4.69, 9.17) is 9.79 Å². The highest BCUT2D eigenvalue weighted by molar-refractivity contribution is 7.46. The first-order chi connectivity index (χ1) is 3.56. The Balaban J connectivity index is 3.45. The van der Waals surface area contributed by atoms with Gasteiger partial charge in [0.25, 0.3) is 6.57 Å². The second kappa shape index (κ2) is 2.80. The van der Waals surface area contributed by atoms with Crippen molar-refractivity contribution < 1.29 is 18.9 Å². The molecule has 2 N–H and O–H groups in total. The van der Waals surface area contributed by atoms with Gasteiger partial charge in [0.05, 0.1) is 0 Å². The van der Waals surface area contributed by atoms with Crippen LogP contribution in [-0.2, 0) is 9.09 Å². The minimum absolute atomic E-state index is 0.482. The molecule has 0 atom stereocenters. The standard InChI is InChI=1S/C2H4NO4P/c1-3-2-7-8(4,5)6/h1H,2H2,(H-,4,5,6)/p+1. The molecule has 0 fully saturated rings. The fourth-order valence-corrected chi connectivity index (χ4v) is 0.326. The maximum atomic E-state index is 9.75. The summed E-state index contributed by atoms with van der Waals surface area (Å²) in [6, 6.07) is 0. The Labute approximate surface area is 46.0 Å². The average molecular weight is 138 g/mol. The summed E-state index contributed by atoms with van der Waals surface area (Å²) < 4.78 is 13.5. The molecule has 5 nitrogen and oxygen atoms in total. The van der Waals surface area contributed by atoms with Gasteiger partial charge in [0.1, 0.15) is 0 Å². The van der Waals surface area contributed by atoms with E-state index in [0.717, 1.165) is 0 Å². The van der Waals surface area contributed by atoms with Gasteiger partial charge < -0.3 is 9.79 Å². The minimum Gasteiger partial charge on any atom is -0.302 e. The Kier molecular flexibility index (Phi) is 2.66. The Morgan fingerprint density at radius 2 is 2.25 bits per heavy atom. The van der Waals surface area contributed by atoms with Gasteiger partial charge in [-0.1, -0.05) is 4.85 Å². The number of nitrogens with zero attached hydrogens (tertiary/aromatic N) is 1. The zero-order chi connectivity index (χ0) is 6.62. The maximum Gasteiger partial charge on any atom is 0.475 e. The lowest BCUT2D eigenvalue weighted by molar-refractivity contribution is 0.215. The molecule has 0 aliphatic rings. The van der Waals surface area contributed by atoms with Crippen molar-refractivity contribution in [1.29, 1.82) is 0 Å². The molecule has 0 unspecified atom stereocenters. The van der Waals surface area contributed by atoms with Crippen LogP contribution < -0.4 is 0 Å². The molecule has 0 saturated carbocycles. The fraction of sp³-hybridized carbons (Fsp3) is 0.500. The van der Waals surface area contributed by atoms with E-state index in [0.29, 0.717) is 0 Å². The van der Waals surface area contributed by atoms with Gasteiger partial charge in [-0.2, -0.15) is 0 Å². The van der Waals surface area contributed by atoms with Gasteiger partial charge in [0.2, 0.25) is 0 Å². The molecule has 0 rings (SSSR count). The molecular weight excluding hydrogens is 133 g/mol.